The highest BCUT2D eigenvalue weighted by Crippen LogP contribution is 2.17. The lowest BCUT2D eigenvalue weighted by Gasteiger charge is -2.21. The van der Waals surface area contributed by atoms with Gasteiger partial charge in [-0.3, -0.25) is 0 Å². The number of likely N-dealkylation sites (tertiary alicyclic amines) is 1. The quantitative estimate of drug-likeness (QED) is 0.363. The zero-order valence-electron chi connectivity index (χ0n) is 14.6. The predicted octanol–water partition coefficient (Wildman–Crippen LogP) is 1.39. The van der Waals surface area contributed by atoms with E-state index in [0.29, 0.717) is 12.5 Å². The molecule has 1 aliphatic heterocycles. The second kappa shape index (κ2) is 10.3. The first-order chi connectivity index (χ1) is 11.4. The average Bonchev–Trinajstić information content (AvgIpc) is 3.00. The molecule has 2 rings (SSSR count). The van der Waals surface area contributed by atoms with E-state index in [1.807, 2.05) is 6.92 Å². The number of hydrogen-bond acceptors (Lipinski definition) is 4. The van der Waals surface area contributed by atoms with Gasteiger partial charge in [0.2, 0.25) is 10.0 Å². The number of hydrogen-bond donors (Lipinski definition) is 2. The predicted molar refractivity (Wildman–Crippen MR) is 110 cm³/mol. The van der Waals surface area contributed by atoms with Gasteiger partial charge in [0.05, 0.1) is 18.0 Å². The number of halogens is 1. The van der Waals surface area contributed by atoms with Crippen LogP contribution < -0.4 is 10.5 Å². The van der Waals surface area contributed by atoms with Crippen LogP contribution in [0.25, 0.3) is 0 Å². The lowest BCUT2D eigenvalue weighted by Crippen LogP contribution is -2.40. The molecule has 1 aromatic rings. The van der Waals surface area contributed by atoms with Crippen molar-refractivity contribution in [3.05, 3.63) is 29.8 Å². The molecule has 1 atom stereocenters. The largest absolute Gasteiger partial charge is 0.384 e. The minimum absolute atomic E-state index is 0. The highest BCUT2D eigenvalue weighted by Gasteiger charge is 2.24. The number of aliphatic imine (C=N–C) groups is 1. The SMILES string of the molecule is CCNC(=NCc1ccc(S(N)(=O)=O)cc1)N1CCC(COC)C1.I. The van der Waals surface area contributed by atoms with E-state index in [1.165, 1.54) is 12.1 Å². The van der Waals surface area contributed by atoms with E-state index in [9.17, 15) is 8.42 Å². The minimum Gasteiger partial charge on any atom is -0.384 e. The number of benzene rings is 1. The van der Waals surface area contributed by atoms with Crippen molar-refractivity contribution in [1.82, 2.24) is 10.2 Å². The fourth-order valence-electron chi connectivity index (χ4n) is 2.77. The number of nitrogens with two attached hydrogens (primary N) is 1. The topological polar surface area (TPSA) is 97.0 Å². The fourth-order valence-corrected chi connectivity index (χ4v) is 3.29. The Morgan fingerprint density at radius 1 is 1.40 bits per heavy atom. The molecule has 1 aromatic carbocycles. The van der Waals surface area contributed by atoms with Crippen LogP contribution in [-0.2, 0) is 21.3 Å². The number of sulfonamides is 1. The molecular formula is C16H27IN4O3S. The van der Waals surface area contributed by atoms with Crippen LogP contribution in [0.4, 0.5) is 0 Å². The molecule has 1 saturated heterocycles. The standard InChI is InChI=1S/C16H26N4O3S.HI/c1-3-18-16(20-9-8-14(11-20)12-23-2)19-10-13-4-6-15(7-5-13)24(17,21)22;/h4-7,14H,3,8-12H2,1-2H3,(H,18,19)(H2,17,21,22);1H. The van der Waals surface area contributed by atoms with Crippen LogP contribution in [0, 0.1) is 5.92 Å². The Hall–Kier alpha value is -0.910. The molecule has 0 amide bonds. The fraction of sp³-hybridized carbons (Fsp3) is 0.562. The van der Waals surface area contributed by atoms with Crippen molar-refractivity contribution < 1.29 is 13.2 Å². The molecule has 0 aromatic heterocycles. The molecule has 1 fully saturated rings. The van der Waals surface area contributed by atoms with Gasteiger partial charge in [0.25, 0.3) is 0 Å². The van der Waals surface area contributed by atoms with Gasteiger partial charge < -0.3 is 15.0 Å². The highest BCUT2D eigenvalue weighted by atomic mass is 127. The molecule has 1 unspecified atom stereocenters. The summed E-state index contributed by atoms with van der Waals surface area (Å²) in [5.41, 5.74) is 0.936. The lowest BCUT2D eigenvalue weighted by molar-refractivity contribution is 0.157. The van der Waals surface area contributed by atoms with Gasteiger partial charge in [-0.25, -0.2) is 18.5 Å². The molecule has 1 heterocycles. The summed E-state index contributed by atoms with van der Waals surface area (Å²) in [6.45, 7) is 5.99. The van der Waals surface area contributed by atoms with E-state index in [0.717, 1.165) is 44.2 Å². The second-order valence-electron chi connectivity index (χ2n) is 5.92. The van der Waals surface area contributed by atoms with E-state index >= 15 is 0 Å². The monoisotopic (exact) mass is 482 g/mol. The van der Waals surface area contributed by atoms with E-state index in [4.69, 9.17) is 9.88 Å². The number of rotatable bonds is 6. The number of ether oxygens (including phenoxy) is 1. The third-order valence-electron chi connectivity index (χ3n) is 3.99. The summed E-state index contributed by atoms with van der Waals surface area (Å²) in [7, 11) is -1.92. The average molecular weight is 482 g/mol. The number of guanidine groups is 1. The van der Waals surface area contributed by atoms with E-state index in [2.05, 4.69) is 15.2 Å². The number of methoxy groups -OCH3 is 1. The van der Waals surface area contributed by atoms with E-state index in [1.54, 1.807) is 19.2 Å². The van der Waals surface area contributed by atoms with E-state index in [-0.39, 0.29) is 28.9 Å². The van der Waals surface area contributed by atoms with Crippen molar-refractivity contribution in [2.75, 3.05) is 33.4 Å². The molecule has 7 nitrogen and oxygen atoms in total. The van der Waals surface area contributed by atoms with Gasteiger partial charge in [0, 0.05) is 32.7 Å². The van der Waals surface area contributed by atoms with Crippen LogP contribution >= 0.6 is 24.0 Å². The van der Waals surface area contributed by atoms with Gasteiger partial charge in [-0.2, -0.15) is 0 Å². The number of primary sulfonamides is 1. The Morgan fingerprint density at radius 2 is 2.08 bits per heavy atom. The van der Waals surface area contributed by atoms with Crippen molar-refractivity contribution in [3.8, 4) is 0 Å². The summed E-state index contributed by atoms with van der Waals surface area (Å²) >= 11 is 0. The van der Waals surface area contributed by atoms with Crippen LogP contribution in [0.2, 0.25) is 0 Å². The summed E-state index contributed by atoms with van der Waals surface area (Å²) in [5, 5.41) is 8.42. The van der Waals surface area contributed by atoms with Crippen molar-refractivity contribution in [1.29, 1.82) is 0 Å². The molecule has 25 heavy (non-hydrogen) atoms. The summed E-state index contributed by atoms with van der Waals surface area (Å²) in [5.74, 6) is 1.42. The van der Waals surface area contributed by atoms with Gasteiger partial charge in [-0.15, -0.1) is 24.0 Å². The molecule has 0 spiro atoms. The third-order valence-corrected chi connectivity index (χ3v) is 4.92. The Kier molecular flexibility index (Phi) is 9.11. The molecular weight excluding hydrogens is 455 g/mol. The number of nitrogens with one attached hydrogen (secondary N) is 1. The summed E-state index contributed by atoms with van der Waals surface area (Å²) < 4.78 is 27.8. The molecule has 0 radical (unpaired) electrons. The van der Waals surface area contributed by atoms with Gasteiger partial charge in [-0.1, -0.05) is 12.1 Å². The first-order valence-electron chi connectivity index (χ1n) is 8.08. The van der Waals surface area contributed by atoms with Crippen LogP contribution in [0.3, 0.4) is 0 Å². The molecule has 142 valence electrons. The van der Waals surface area contributed by atoms with Crippen LogP contribution in [0.1, 0.15) is 18.9 Å². The van der Waals surface area contributed by atoms with Crippen molar-refractivity contribution in [2.45, 2.75) is 24.8 Å². The zero-order chi connectivity index (χ0) is 17.6. The molecule has 0 aliphatic carbocycles. The highest BCUT2D eigenvalue weighted by molar-refractivity contribution is 14.0. The van der Waals surface area contributed by atoms with E-state index < -0.39 is 10.0 Å². The smallest absolute Gasteiger partial charge is 0.238 e. The Labute approximate surface area is 167 Å². The molecule has 1 aliphatic rings. The third kappa shape index (κ3) is 6.72. The summed E-state index contributed by atoms with van der Waals surface area (Å²) in [6.07, 6.45) is 1.10. The minimum atomic E-state index is -3.65. The Bertz CT molecular complexity index is 664. The summed E-state index contributed by atoms with van der Waals surface area (Å²) in [6, 6.07) is 6.50. The van der Waals surface area contributed by atoms with Crippen molar-refractivity contribution in [3.63, 3.8) is 0 Å². The molecule has 0 bridgehead atoms. The van der Waals surface area contributed by atoms with Crippen molar-refractivity contribution >= 4 is 40.0 Å². The Balaban J connectivity index is 0.00000312. The van der Waals surface area contributed by atoms with Gasteiger partial charge >= 0.3 is 0 Å². The Morgan fingerprint density at radius 3 is 2.64 bits per heavy atom. The van der Waals surface area contributed by atoms with Gasteiger partial charge in [-0.05, 0) is 31.0 Å². The molecule has 0 saturated carbocycles. The maximum Gasteiger partial charge on any atom is 0.238 e. The van der Waals surface area contributed by atoms with Crippen molar-refractivity contribution in [2.24, 2.45) is 16.0 Å². The zero-order valence-corrected chi connectivity index (χ0v) is 17.8. The second-order valence-corrected chi connectivity index (χ2v) is 7.48. The van der Waals surface area contributed by atoms with Gasteiger partial charge in [0.1, 0.15) is 0 Å². The first kappa shape index (κ1) is 22.1. The first-order valence-corrected chi connectivity index (χ1v) is 9.62. The molecule has 9 heteroatoms. The van der Waals surface area contributed by atoms with Crippen LogP contribution in [-0.4, -0.2) is 52.6 Å². The normalized spacial score (nSPS) is 18.1. The van der Waals surface area contributed by atoms with Crippen LogP contribution in [0.15, 0.2) is 34.2 Å². The number of nitrogens with zero attached hydrogens (tertiary/aromatic N) is 2. The molecule has 3 N–H and O–H groups in total. The lowest BCUT2D eigenvalue weighted by atomic mass is 10.1. The van der Waals surface area contributed by atoms with Gasteiger partial charge in [0.15, 0.2) is 5.96 Å². The van der Waals surface area contributed by atoms with Crippen LogP contribution in [0.5, 0.6) is 0 Å². The summed E-state index contributed by atoms with van der Waals surface area (Å²) in [4.78, 5) is 7.02. The maximum absolute atomic E-state index is 11.3. The maximum atomic E-state index is 11.3.